The summed E-state index contributed by atoms with van der Waals surface area (Å²) in [7, 11) is -2.63. The Kier molecular flexibility index (Phi) is 11.0. The highest BCUT2D eigenvalue weighted by Gasteiger charge is 2.29. The molecule has 0 spiro atoms. The van der Waals surface area contributed by atoms with Crippen molar-refractivity contribution in [3.63, 3.8) is 0 Å². The molecule has 0 bridgehead atoms. The van der Waals surface area contributed by atoms with Gasteiger partial charge in [0, 0.05) is 11.6 Å². The summed E-state index contributed by atoms with van der Waals surface area (Å²) in [4.78, 5) is 12.7. The van der Waals surface area contributed by atoms with Crippen molar-refractivity contribution in [3.05, 3.63) is 124 Å². The molecule has 218 valence electrons. The van der Waals surface area contributed by atoms with Gasteiger partial charge in [0.2, 0.25) is 10.0 Å². The number of hydrogen-bond acceptors (Lipinski definition) is 6. The number of hydrazone groups is 1. The van der Waals surface area contributed by atoms with Gasteiger partial charge in [-0.25, -0.2) is 13.8 Å². The zero-order valence-electron chi connectivity index (χ0n) is 22.7. The van der Waals surface area contributed by atoms with Gasteiger partial charge < -0.3 is 9.47 Å². The van der Waals surface area contributed by atoms with Crippen molar-refractivity contribution >= 4 is 45.3 Å². The minimum absolute atomic E-state index is 0.00711. The first-order chi connectivity index (χ1) is 20.3. The maximum atomic E-state index is 13.5. The van der Waals surface area contributed by atoms with E-state index in [1.807, 2.05) is 60.7 Å². The molecule has 4 rings (SSSR count). The van der Waals surface area contributed by atoms with Crippen LogP contribution in [-0.2, 0) is 27.8 Å². The van der Waals surface area contributed by atoms with E-state index in [0.717, 1.165) is 15.4 Å². The lowest BCUT2D eigenvalue weighted by molar-refractivity contribution is -0.121. The van der Waals surface area contributed by atoms with Crippen LogP contribution in [0.5, 0.6) is 11.5 Å². The first-order valence-corrected chi connectivity index (χ1v) is 15.1. The van der Waals surface area contributed by atoms with Gasteiger partial charge in [0.1, 0.15) is 11.5 Å². The van der Waals surface area contributed by atoms with Crippen LogP contribution >= 0.6 is 23.2 Å². The second-order valence-corrected chi connectivity index (χ2v) is 11.9. The molecular weight excluding hydrogens is 597 g/mol. The Labute approximate surface area is 255 Å². The maximum absolute atomic E-state index is 13.5. The SMILES string of the molecule is COc1cc(/C=N\NC(=O)CN(CCc2ccccc2)S(=O)(=O)c2cc(Cl)ccc2Cl)ccc1OCc1ccccc1. The Morgan fingerprint density at radius 3 is 2.29 bits per heavy atom. The first kappa shape index (κ1) is 31.1. The second kappa shape index (κ2) is 14.8. The Balaban J connectivity index is 1.44. The molecule has 0 radical (unpaired) electrons. The van der Waals surface area contributed by atoms with Gasteiger partial charge in [0.05, 0.1) is 24.9 Å². The molecule has 0 atom stereocenters. The summed E-state index contributed by atoms with van der Waals surface area (Å²) in [5.74, 6) is 0.426. The first-order valence-electron chi connectivity index (χ1n) is 12.9. The molecule has 0 unspecified atom stereocenters. The van der Waals surface area contributed by atoms with Gasteiger partial charge >= 0.3 is 0 Å². The molecule has 0 fully saturated rings. The molecule has 1 amide bonds. The average molecular weight is 627 g/mol. The van der Waals surface area contributed by atoms with Crippen LogP contribution in [0.25, 0.3) is 0 Å². The highest BCUT2D eigenvalue weighted by atomic mass is 35.5. The molecule has 0 saturated heterocycles. The van der Waals surface area contributed by atoms with E-state index in [1.165, 1.54) is 31.5 Å². The number of halogens is 2. The number of benzene rings is 4. The number of hydrogen-bond donors (Lipinski definition) is 1. The van der Waals surface area contributed by atoms with Crippen LogP contribution in [0.3, 0.4) is 0 Å². The van der Waals surface area contributed by atoms with E-state index in [-0.39, 0.29) is 21.5 Å². The van der Waals surface area contributed by atoms with Crippen molar-refractivity contribution in [2.75, 3.05) is 20.2 Å². The third-order valence-corrected chi connectivity index (χ3v) is 8.71. The predicted octanol–water partition coefficient (Wildman–Crippen LogP) is 5.96. The minimum Gasteiger partial charge on any atom is -0.493 e. The number of carbonyl (C=O) groups excluding carboxylic acids is 1. The van der Waals surface area contributed by atoms with Crippen molar-refractivity contribution in [1.29, 1.82) is 0 Å². The summed E-state index contributed by atoms with van der Waals surface area (Å²) < 4.78 is 39.5. The Morgan fingerprint density at radius 1 is 0.905 bits per heavy atom. The smallest absolute Gasteiger partial charge is 0.255 e. The zero-order chi connectivity index (χ0) is 30.0. The fraction of sp³-hybridized carbons (Fsp3) is 0.161. The van der Waals surface area contributed by atoms with Crippen LogP contribution in [0.2, 0.25) is 10.0 Å². The molecule has 0 saturated carbocycles. The average Bonchev–Trinajstić information content (AvgIpc) is 3.00. The molecule has 0 heterocycles. The van der Waals surface area contributed by atoms with Crippen molar-refractivity contribution in [1.82, 2.24) is 9.73 Å². The number of ether oxygens (including phenoxy) is 2. The van der Waals surface area contributed by atoms with Gasteiger partial charge in [-0.05, 0) is 59.5 Å². The van der Waals surface area contributed by atoms with E-state index in [0.29, 0.717) is 30.1 Å². The predicted molar refractivity (Wildman–Crippen MR) is 165 cm³/mol. The molecule has 4 aromatic rings. The molecule has 0 aliphatic carbocycles. The van der Waals surface area contributed by atoms with Crippen LogP contribution in [-0.4, -0.2) is 45.0 Å². The molecule has 1 N–H and O–H groups in total. The highest BCUT2D eigenvalue weighted by Crippen LogP contribution is 2.29. The fourth-order valence-electron chi connectivity index (χ4n) is 3.99. The molecule has 8 nitrogen and oxygen atoms in total. The zero-order valence-corrected chi connectivity index (χ0v) is 25.1. The summed E-state index contributed by atoms with van der Waals surface area (Å²) in [6.07, 6.45) is 1.81. The minimum atomic E-state index is -4.16. The van der Waals surface area contributed by atoms with Crippen LogP contribution in [0, 0.1) is 0 Å². The standard InChI is InChI=1S/C31H29Cl2N3O5S/c1-40-29-18-25(12-15-28(29)41-22-24-10-6-3-7-11-24)20-34-35-31(37)21-36(17-16-23-8-4-2-5-9-23)42(38,39)30-19-26(32)13-14-27(30)33/h2-15,18-20H,16-17,21-22H2,1H3,(H,35,37)/b34-20-. The molecule has 0 aromatic heterocycles. The third kappa shape index (κ3) is 8.56. The number of methoxy groups -OCH3 is 1. The Hall–Kier alpha value is -3.89. The van der Waals surface area contributed by atoms with Crippen molar-refractivity contribution in [2.45, 2.75) is 17.9 Å². The van der Waals surface area contributed by atoms with Crippen molar-refractivity contribution in [2.24, 2.45) is 5.10 Å². The summed E-state index contributed by atoms with van der Waals surface area (Å²) in [5.41, 5.74) is 4.97. The lowest BCUT2D eigenvalue weighted by atomic mass is 10.1. The van der Waals surface area contributed by atoms with Crippen LogP contribution in [0.15, 0.2) is 107 Å². The summed E-state index contributed by atoms with van der Waals surface area (Å²) in [6.45, 7) is -0.0658. The molecule has 42 heavy (non-hydrogen) atoms. The maximum Gasteiger partial charge on any atom is 0.255 e. The number of rotatable bonds is 13. The topological polar surface area (TPSA) is 97.3 Å². The lowest BCUT2D eigenvalue weighted by Crippen LogP contribution is -2.40. The summed E-state index contributed by atoms with van der Waals surface area (Å²) in [6, 6.07) is 28.5. The van der Waals surface area contributed by atoms with Gasteiger partial charge in [0.25, 0.3) is 5.91 Å². The quantitative estimate of drug-likeness (QED) is 0.146. The van der Waals surface area contributed by atoms with Crippen molar-refractivity contribution < 1.29 is 22.7 Å². The van der Waals surface area contributed by atoms with Crippen LogP contribution < -0.4 is 14.9 Å². The molecule has 0 aliphatic heterocycles. The van der Waals surface area contributed by atoms with Gasteiger partial charge in [0.15, 0.2) is 11.5 Å². The van der Waals surface area contributed by atoms with Gasteiger partial charge in [-0.15, -0.1) is 0 Å². The van der Waals surface area contributed by atoms with Gasteiger partial charge in [-0.2, -0.15) is 9.41 Å². The number of nitrogens with zero attached hydrogens (tertiary/aromatic N) is 2. The number of nitrogens with one attached hydrogen (secondary N) is 1. The van der Waals surface area contributed by atoms with E-state index < -0.39 is 22.5 Å². The summed E-state index contributed by atoms with van der Waals surface area (Å²) in [5, 5.41) is 4.23. The second-order valence-electron chi connectivity index (χ2n) is 9.13. The van der Waals surface area contributed by atoms with E-state index in [1.54, 1.807) is 18.2 Å². The Morgan fingerprint density at radius 2 is 1.60 bits per heavy atom. The van der Waals surface area contributed by atoms with Crippen LogP contribution in [0.1, 0.15) is 16.7 Å². The van der Waals surface area contributed by atoms with E-state index in [4.69, 9.17) is 32.7 Å². The lowest BCUT2D eigenvalue weighted by Gasteiger charge is -2.22. The van der Waals surface area contributed by atoms with E-state index in [9.17, 15) is 13.2 Å². The third-order valence-electron chi connectivity index (χ3n) is 6.15. The number of sulfonamides is 1. The van der Waals surface area contributed by atoms with Crippen molar-refractivity contribution in [3.8, 4) is 11.5 Å². The molecular formula is C31H29Cl2N3O5S. The number of carbonyl (C=O) groups is 1. The highest BCUT2D eigenvalue weighted by molar-refractivity contribution is 7.89. The van der Waals surface area contributed by atoms with Gasteiger partial charge in [-0.1, -0.05) is 83.9 Å². The van der Waals surface area contributed by atoms with E-state index in [2.05, 4.69) is 10.5 Å². The molecule has 0 aliphatic rings. The van der Waals surface area contributed by atoms with E-state index >= 15 is 0 Å². The normalized spacial score (nSPS) is 11.5. The largest absolute Gasteiger partial charge is 0.493 e. The molecule has 4 aromatic carbocycles. The number of amides is 1. The molecule has 11 heteroatoms. The Bertz CT molecular complexity index is 1640. The van der Waals surface area contributed by atoms with Gasteiger partial charge in [-0.3, -0.25) is 4.79 Å². The van der Waals surface area contributed by atoms with Crippen LogP contribution in [0.4, 0.5) is 0 Å². The monoisotopic (exact) mass is 625 g/mol. The summed E-state index contributed by atoms with van der Waals surface area (Å²) >= 11 is 12.3. The fourth-order valence-corrected chi connectivity index (χ4v) is 6.12.